The van der Waals surface area contributed by atoms with Crippen LogP contribution in [0.15, 0.2) is 35.5 Å². The molecule has 0 aromatic rings. The molecule has 60 heavy (non-hydrogen) atoms. The van der Waals surface area contributed by atoms with E-state index in [0.29, 0.717) is 62.9 Å². The Morgan fingerprint density at radius 2 is 1.58 bits per heavy atom. The minimum Gasteiger partial charge on any atom is -0.456 e. The van der Waals surface area contributed by atoms with Gasteiger partial charge in [0, 0.05) is 52.0 Å². The second kappa shape index (κ2) is 22.5. The van der Waals surface area contributed by atoms with Crippen LogP contribution in [0.2, 0.25) is 0 Å². The third kappa shape index (κ3) is 12.4. The number of piperidine rings is 1. The van der Waals surface area contributed by atoms with E-state index in [0.717, 1.165) is 5.57 Å². The lowest BCUT2D eigenvalue weighted by molar-refractivity contribution is -0.302. The maximum Gasteiger partial charge on any atom is 0.329 e. The molecule has 0 spiro atoms. The van der Waals surface area contributed by atoms with Gasteiger partial charge in [0.05, 0.1) is 30.5 Å². The quantitative estimate of drug-likeness (QED) is 0.155. The van der Waals surface area contributed by atoms with Crippen molar-refractivity contribution in [2.24, 2.45) is 35.5 Å². The Kier molecular flexibility index (Phi) is 18.7. The van der Waals surface area contributed by atoms with E-state index in [9.17, 15) is 34.5 Å². The molecular formula is C47H75NO12. The Balaban J connectivity index is 1.80. The van der Waals surface area contributed by atoms with Crippen molar-refractivity contribution in [2.75, 3.05) is 27.9 Å². The van der Waals surface area contributed by atoms with Crippen molar-refractivity contribution in [3.05, 3.63) is 35.5 Å². The zero-order chi connectivity index (χ0) is 44.5. The summed E-state index contributed by atoms with van der Waals surface area (Å²) in [6, 6.07) is -1.14. The van der Waals surface area contributed by atoms with Crippen LogP contribution in [-0.2, 0) is 42.9 Å². The Hall–Kier alpha value is -2.78. The van der Waals surface area contributed by atoms with Crippen LogP contribution in [0.5, 0.6) is 0 Å². The van der Waals surface area contributed by atoms with Gasteiger partial charge in [-0.15, -0.1) is 0 Å². The van der Waals surface area contributed by atoms with E-state index in [1.165, 1.54) is 19.1 Å². The summed E-state index contributed by atoms with van der Waals surface area (Å²) in [7, 11) is 4.64. The first-order valence-electron chi connectivity index (χ1n) is 22.3. The van der Waals surface area contributed by atoms with Crippen LogP contribution < -0.4 is 0 Å². The van der Waals surface area contributed by atoms with Crippen molar-refractivity contribution in [2.45, 2.75) is 174 Å². The van der Waals surface area contributed by atoms with Crippen LogP contribution >= 0.6 is 0 Å². The molecule has 4 rings (SSSR count). The number of cyclic esters (lactones) is 1. The summed E-state index contributed by atoms with van der Waals surface area (Å²) in [6.07, 6.45) is 7.52. The number of aliphatic hydroxyl groups excluding tert-OH is 2. The number of esters is 1. The Labute approximate surface area is 358 Å². The zero-order valence-electron chi connectivity index (χ0n) is 37.8. The van der Waals surface area contributed by atoms with E-state index >= 15 is 0 Å². The van der Waals surface area contributed by atoms with E-state index in [1.807, 2.05) is 32.1 Å². The summed E-state index contributed by atoms with van der Waals surface area (Å²) in [5.74, 6) is -7.39. The molecule has 3 heterocycles. The standard InChI is InChI=1S/C47H75NO12/c1-27(2)14-13-15-34-21-28(3)20-29(4)22-40(57-9)43-41(58-10)24-31(6)47(55,60-43)44(52)45(53)48-19-12-11-16-35(48)46(54)59-42(32(7)37(50)26-38(34)51)30(5)23-33-17-18-36(49)39(25-33)56-8/h13-14,21,23,27,29,31-37,39-43,49-50,55H,11-12,15-20,22,24-26H2,1-10H3/b14-13+,28-21+,30-23+/t29-,31+,32+,33-,34+,35-,36+,37-,39+,40-,41-,42+,43+,47+/m0/s1. The lowest BCUT2D eigenvalue weighted by Crippen LogP contribution is -2.64. The fourth-order valence-electron chi connectivity index (χ4n) is 9.74. The topological polar surface area (TPSA) is 178 Å². The van der Waals surface area contributed by atoms with Gasteiger partial charge in [-0.1, -0.05) is 64.5 Å². The number of ketones is 2. The number of fused-ring (bicyclic) bond motifs is 3. The number of amides is 1. The third-order valence-electron chi connectivity index (χ3n) is 13.4. The van der Waals surface area contributed by atoms with Crippen molar-refractivity contribution in [1.29, 1.82) is 0 Å². The van der Waals surface area contributed by atoms with Crippen molar-refractivity contribution in [3.8, 4) is 0 Å². The van der Waals surface area contributed by atoms with E-state index < -0.39 is 83.9 Å². The van der Waals surface area contributed by atoms with E-state index in [1.54, 1.807) is 21.0 Å². The highest BCUT2D eigenvalue weighted by atomic mass is 16.7. The van der Waals surface area contributed by atoms with Gasteiger partial charge in [-0.05, 0) is 101 Å². The van der Waals surface area contributed by atoms with E-state index in [2.05, 4.69) is 26.8 Å². The summed E-state index contributed by atoms with van der Waals surface area (Å²) in [5, 5.41) is 34.4. The molecule has 1 amide bonds. The van der Waals surface area contributed by atoms with E-state index in [4.69, 9.17) is 23.7 Å². The van der Waals surface area contributed by atoms with Gasteiger partial charge in [0.1, 0.15) is 24.0 Å². The first kappa shape index (κ1) is 49.9. The van der Waals surface area contributed by atoms with Crippen LogP contribution in [0.3, 0.4) is 0 Å². The number of carbonyl (C=O) groups is 4. The second-order valence-electron chi connectivity index (χ2n) is 18.7. The van der Waals surface area contributed by atoms with Gasteiger partial charge >= 0.3 is 5.97 Å². The maximum atomic E-state index is 14.4. The fourth-order valence-corrected chi connectivity index (χ4v) is 9.74. The van der Waals surface area contributed by atoms with Crippen molar-refractivity contribution in [3.63, 3.8) is 0 Å². The Morgan fingerprint density at radius 3 is 2.23 bits per heavy atom. The Morgan fingerprint density at radius 1 is 0.917 bits per heavy atom. The molecule has 13 nitrogen and oxygen atoms in total. The van der Waals surface area contributed by atoms with Gasteiger partial charge in [0.2, 0.25) is 5.79 Å². The molecule has 340 valence electrons. The van der Waals surface area contributed by atoms with Gasteiger partial charge in [-0.3, -0.25) is 14.4 Å². The molecule has 1 saturated carbocycles. The summed E-state index contributed by atoms with van der Waals surface area (Å²) >= 11 is 0. The SMILES string of the molecule is CO[C@H]1C[C@@H](C)C/C(C)=C/[C@@H](C/C=C/C(C)C)C(=O)C[C@H](O)[C@@H](C)[C@@H](/C(C)=C/[C@@H]2CC[C@@H](O)[C@H](OC)C2)OC(=O)[C@@H]2CCCCN2C(=O)C(=O)[C@]2(O)O[C@H]1[C@@H](OC)C[C@H]2C. The number of allylic oxidation sites excluding steroid dienone is 5. The monoisotopic (exact) mass is 846 g/mol. The molecule has 3 N–H and O–H groups in total. The first-order chi connectivity index (χ1) is 28.3. The lowest BCUT2D eigenvalue weighted by atomic mass is 9.81. The number of hydrogen-bond donors (Lipinski definition) is 3. The van der Waals surface area contributed by atoms with E-state index in [-0.39, 0.29) is 49.5 Å². The molecule has 2 saturated heterocycles. The highest BCUT2D eigenvalue weighted by molar-refractivity contribution is 6.39. The molecule has 2 bridgehead atoms. The molecule has 3 fully saturated rings. The molecule has 0 aromatic carbocycles. The number of methoxy groups -OCH3 is 3. The average molecular weight is 846 g/mol. The number of rotatable bonds is 8. The number of hydrogen-bond acceptors (Lipinski definition) is 12. The normalized spacial score (nSPS) is 39.8. The molecule has 4 aliphatic rings. The van der Waals surface area contributed by atoms with Crippen LogP contribution in [-0.4, -0.2) is 126 Å². The molecule has 0 unspecified atom stereocenters. The molecule has 3 aliphatic heterocycles. The van der Waals surface area contributed by atoms with Crippen LogP contribution in [0, 0.1) is 35.5 Å². The summed E-state index contributed by atoms with van der Waals surface area (Å²) in [5.41, 5.74) is 1.64. The lowest BCUT2D eigenvalue weighted by Gasteiger charge is -2.47. The Bertz CT molecular complexity index is 1560. The number of aliphatic hydroxyl groups is 3. The minimum absolute atomic E-state index is 0.0105. The van der Waals surface area contributed by atoms with Gasteiger partial charge in [-0.25, -0.2) is 4.79 Å². The largest absolute Gasteiger partial charge is 0.456 e. The molecular weight excluding hydrogens is 771 g/mol. The highest BCUT2D eigenvalue weighted by Gasteiger charge is 2.56. The van der Waals surface area contributed by atoms with Crippen molar-refractivity contribution < 1.29 is 58.2 Å². The second-order valence-corrected chi connectivity index (χ2v) is 18.7. The van der Waals surface area contributed by atoms with Crippen molar-refractivity contribution in [1.82, 2.24) is 4.90 Å². The predicted molar refractivity (Wildman–Crippen MR) is 226 cm³/mol. The number of nitrogens with zero attached hydrogens (tertiary/aromatic N) is 1. The molecule has 1 aliphatic carbocycles. The fraction of sp³-hybridized carbons (Fsp3) is 0.787. The van der Waals surface area contributed by atoms with Crippen molar-refractivity contribution >= 4 is 23.4 Å². The molecule has 14 atom stereocenters. The maximum absolute atomic E-state index is 14.4. The summed E-state index contributed by atoms with van der Waals surface area (Å²) in [6.45, 7) is 13.5. The van der Waals surface area contributed by atoms with Gasteiger partial charge in [-0.2, -0.15) is 0 Å². The third-order valence-corrected chi connectivity index (χ3v) is 13.4. The first-order valence-corrected chi connectivity index (χ1v) is 22.3. The average Bonchev–Trinajstić information content (AvgIpc) is 3.21. The van der Waals surface area contributed by atoms with Crippen LogP contribution in [0.4, 0.5) is 0 Å². The molecule has 0 radical (unpaired) electrons. The molecule has 13 heteroatoms. The van der Waals surface area contributed by atoms with Gasteiger partial charge < -0.3 is 43.9 Å². The zero-order valence-corrected chi connectivity index (χ0v) is 37.8. The summed E-state index contributed by atoms with van der Waals surface area (Å²) < 4.78 is 29.9. The highest BCUT2D eigenvalue weighted by Crippen LogP contribution is 2.39. The number of carbonyl (C=O) groups excluding carboxylic acids is 4. The summed E-state index contributed by atoms with van der Waals surface area (Å²) in [4.78, 5) is 58.3. The smallest absolute Gasteiger partial charge is 0.329 e. The minimum atomic E-state index is -2.51. The number of ether oxygens (including phenoxy) is 5. The molecule has 0 aromatic heterocycles. The van der Waals surface area contributed by atoms with Gasteiger partial charge in [0.25, 0.3) is 11.7 Å². The predicted octanol–water partition coefficient (Wildman–Crippen LogP) is 5.67. The van der Waals surface area contributed by atoms with Crippen LogP contribution in [0.1, 0.15) is 119 Å². The van der Waals surface area contributed by atoms with Gasteiger partial charge in [0.15, 0.2) is 0 Å². The van der Waals surface area contributed by atoms with Crippen LogP contribution in [0.25, 0.3) is 0 Å². The number of Topliss-reactive ketones (excluding diaryl/α,β-unsaturated/α-hetero) is 2.